The van der Waals surface area contributed by atoms with Gasteiger partial charge in [0.15, 0.2) is 17.1 Å². The molecule has 0 aliphatic carbocycles. The topological polar surface area (TPSA) is 209 Å². The van der Waals surface area contributed by atoms with Gasteiger partial charge in [0.2, 0.25) is 12.0 Å². The lowest BCUT2D eigenvalue weighted by Gasteiger charge is -2.24. The Kier molecular flexibility index (Phi) is 3.76. The molecule has 3 heterocycles. The molecule has 12 nitrogen and oxygen atoms in total. The third-order valence-electron chi connectivity index (χ3n) is 4.16. The van der Waals surface area contributed by atoms with Crippen LogP contribution in [0.25, 0.3) is 21.9 Å². The number of anilines is 1. The van der Waals surface area contributed by atoms with Crippen LogP contribution in [0.3, 0.4) is 0 Å². The number of aliphatic imine (C=N–C) groups is 1. The molecule has 0 atom stereocenters. The third-order valence-corrected chi connectivity index (χ3v) is 4.16. The Labute approximate surface area is 167 Å². The first kappa shape index (κ1) is 17.6. The average molecular weight is 386 g/mol. The summed E-state index contributed by atoms with van der Waals surface area (Å²) in [5.41, 5.74) is 2.41. The van der Waals surface area contributed by atoms with Crippen LogP contribution in [0, 0.1) is 68.1 Å². The van der Waals surface area contributed by atoms with E-state index in [1.54, 1.807) is 24.4 Å². The Morgan fingerprint density at radius 1 is 0.733 bits per heavy atom. The van der Waals surface area contributed by atoms with Gasteiger partial charge in [0.25, 0.3) is 0 Å². The van der Waals surface area contributed by atoms with Gasteiger partial charge in [-0.2, -0.15) is 36.6 Å². The second-order valence-electron chi connectivity index (χ2n) is 5.66. The van der Waals surface area contributed by atoms with Crippen molar-refractivity contribution >= 4 is 39.1 Å². The highest BCUT2D eigenvalue weighted by atomic mass is 15.5. The predicted octanol–water partition coefficient (Wildman–Crippen LogP) is 1.34. The maximum Gasteiger partial charge on any atom is 0.242 e. The zero-order valence-corrected chi connectivity index (χ0v) is 14.5. The van der Waals surface area contributed by atoms with Crippen LogP contribution in [0.4, 0.5) is 11.4 Å². The molecular weight excluding hydrogens is 384 g/mol. The third kappa shape index (κ3) is 2.27. The van der Waals surface area contributed by atoms with Crippen LogP contribution in [0.5, 0.6) is 0 Å². The van der Waals surface area contributed by atoms with E-state index in [1.165, 1.54) is 6.07 Å². The first-order valence-corrected chi connectivity index (χ1v) is 7.88. The van der Waals surface area contributed by atoms with Gasteiger partial charge in [0, 0.05) is 5.39 Å². The number of hydrogen-bond donors (Lipinski definition) is 1. The number of nitrogens with zero attached hydrogens (tertiary/aromatic N) is 11. The van der Waals surface area contributed by atoms with E-state index in [0.29, 0.717) is 0 Å². The Hall–Kier alpha value is -5.82. The van der Waals surface area contributed by atoms with Gasteiger partial charge in [-0.1, -0.05) is 0 Å². The molecule has 0 fully saturated rings. The van der Waals surface area contributed by atoms with Crippen molar-refractivity contribution in [2.45, 2.75) is 0 Å². The number of amidine groups is 1. The molecule has 0 unspecified atom stereocenters. The molecule has 1 aromatic carbocycles. The summed E-state index contributed by atoms with van der Waals surface area (Å²) >= 11 is 0. The van der Waals surface area contributed by atoms with Gasteiger partial charge in [-0.25, -0.2) is 19.9 Å². The van der Waals surface area contributed by atoms with Crippen LogP contribution in [-0.2, 0) is 0 Å². The molecule has 1 aliphatic rings. The zero-order chi connectivity index (χ0) is 21.4. The largest absolute Gasteiger partial charge is 0.280 e. The van der Waals surface area contributed by atoms with Crippen molar-refractivity contribution in [3.05, 3.63) is 28.7 Å². The molecule has 134 valence electrons. The van der Waals surface area contributed by atoms with E-state index >= 15 is 0 Å². The lowest BCUT2D eigenvalue weighted by atomic mass is 10.0. The molecule has 0 saturated carbocycles. The second kappa shape index (κ2) is 6.41. The molecule has 30 heavy (non-hydrogen) atoms. The van der Waals surface area contributed by atoms with E-state index in [4.69, 9.17) is 0 Å². The smallest absolute Gasteiger partial charge is 0.242 e. The summed E-state index contributed by atoms with van der Waals surface area (Å²) in [4.78, 5) is 16.7. The van der Waals surface area contributed by atoms with Crippen molar-refractivity contribution in [1.82, 2.24) is 20.0 Å². The highest BCUT2D eigenvalue weighted by Crippen LogP contribution is 2.42. The molecule has 12 heteroatoms. The van der Waals surface area contributed by atoms with Crippen LogP contribution < -0.4 is 5.43 Å². The van der Waals surface area contributed by atoms with Gasteiger partial charge in [0.05, 0.1) is 11.3 Å². The van der Waals surface area contributed by atoms with Crippen molar-refractivity contribution in [3.63, 3.8) is 0 Å². The molecule has 1 N–H and O–H groups in total. The van der Waals surface area contributed by atoms with Crippen molar-refractivity contribution in [2.24, 2.45) is 4.99 Å². The van der Waals surface area contributed by atoms with Crippen LogP contribution >= 0.6 is 0 Å². The number of nitrogens with one attached hydrogen (secondary N) is 1. The lowest BCUT2D eigenvalue weighted by molar-refractivity contribution is 0.693. The van der Waals surface area contributed by atoms with Crippen molar-refractivity contribution < 1.29 is 0 Å². The molecule has 0 spiro atoms. The summed E-state index contributed by atoms with van der Waals surface area (Å²) in [7, 11) is 0. The van der Waals surface area contributed by atoms with Crippen molar-refractivity contribution in [2.75, 3.05) is 5.43 Å². The van der Waals surface area contributed by atoms with E-state index in [2.05, 4.69) is 25.4 Å². The van der Waals surface area contributed by atoms with Crippen molar-refractivity contribution in [1.29, 1.82) is 31.6 Å². The van der Waals surface area contributed by atoms with Crippen LogP contribution in [0.1, 0.15) is 22.6 Å². The van der Waals surface area contributed by atoms with E-state index in [-0.39, 0.29) is 61.8 Å². The molecule has 2 aromatic heterocycles. The fraction of sp³-hybridized carbons (Fsp3) is 0. The second-order valence-corrected chi connectivity index (χ2v) is 5.66. The number of fused-ring (bicyclic) bond motifs is 6. The number of nitriles is 6. The summed E-state index contributed by atoms with van der Waals surface area (Å²) in [6.45, 7) is 0. The minimum Gasteiger partial charge on any atom is -0.280 e. The van der Waals surface area contributed by atoms with Crippen LogP contribution in [-0.4, -0.2) is 25.8 Å². The standard InChI is InChI=1S/C18H2N12/c19-2-8-1-9-14(25-10(8)3-20)16-18(27-12(5-22)11(4-21)26-16)17-15(9)29-30(7-24)13(6-23)28-17/h1,29H. The maximum absolute atomic E-state index is 9.35. The van der Waals surface area contributed by atoms with Crippen LogP contribution in [0.15, 0.2) is 11.1 Å². The highest BCUT2D eigenvalue weighted by molar-refractivity contribution is 6.19. The number of aromatic nitrogens is 3. The minimum atomic E-state index is -0.294. The Morgan fingerprint density at radius 3 is 1.93 bits per heavy atom. The van der Waals surface area contributed by atoms with E-state index in [0.717, 1.165) is 5.01 Å². The van der Waals surface area contributed by atoms with Crippen molar-refractivity contribution in [3.8, 4) is 36.5 Å². The Balaban J connectivity index is 2.31. The van der Waals surface area contributed by atoms with E-state index in [9.17, 15) is 31.6 Å². The molecule has 0 radical (unpaired) electrons. The number of rotatable bonds is 0. The normalized spacial score (nSPS) is 11.5. The SMILES string of the molecule is N#CC1=Nc2c(c3cc(C#N)c(C#N)nc3c3nc(C#N)c(C#N)nc23)NN1C#N. The number of hydrogen-bond acceptors (Lipinski definition) is 12. The molecule has 3 aromatic rings. The van der Waals surface area contributed by atoms with Gasteiger partial charge < -0.3 is 0 Å². The minimum absolute atomic E-state index is 0.0333. The molecule has 0 amide bonds. The number of benzene rings is 1. The zero-order valence-electron chi connectivity index (χ0n) is 14.5. The molecule has 0 bridgehead atoms. The summed E-state index contributed by atoms with van der Waals surface area (Å²) in [6.07, 6.45) is 1.75. The first-order valence-electron chi connectivity index (χ1n) is 7.88. The van der Waals surface area contributed by atoms with Gasteiger partial charge >= 0.3 is 0 Å². The lowest BCUT2D eigenvalue weighted by Crippen LogP contribution is -2.33. The summed E-state index contributed by atoms with van der Waals surface area (Å²) in [5, 5.41) is 57.0. The highest BCUT2D eigenvalue weighted by Gasteiger charge is 2.27. The summed E-state index contributed by atoms with van der Waals surface area (Å²) < 4.78 is 0. The first-order chi connectivity index (χ1) is 14.6. The maximum atomic E-state index is 9.35. The average Bonchev–Trinajstić information content (AvgIpc) is 2.81. The predicted molar refractivity (Wildman–Crippen MR) is 97.5 cm³/mol. The van der Waals surface area contributed by atoms with Gasteiger partial charge in [-0.15, -0.1) is 0 Å². The molecule has 1 aliphatic heterocycles. The van der Waals surface area contributed by atoms with E-state index in [1.807, 2.05) is 12.1 Å². The number of pyridine rings is 1. The van der Waals surface area contributed by atoms with Crippen LogP contribution in [0.2, 0.25) is 0 Å². The Morgan fingerprint density at radius 2 is 1.37 bits per heavy atom. The van der Waals surface area contributed by atoms with Gasteiger partial charge in [-0.05, 0) is 6.07 Å². The molecule has 4 rings (SSSR count). The summed E-state index contributed by atoms with van der Waals surface area (Å²) in [5.74, 6) is -0.294. The quantitative estimate of drug-likeness (QED) is 0.430. The van der Waals surface area contributed by atoms with E-state index < -0.39 is 0 Å². The molecule has 0 saturated heterocycles. The Bertz CT molecular complexity index is 1590. The van der Waals surface area contributed by atoms with Gasteiger partial charge in [-0.3, -0.25) is 5.43 Å². The molecular formula is C18H2N12. The number of hydrazine groups is 1. The monoisotopic (exact) mass is 386 g/mol. The fourth-order valence-electron chi connectivity index (χ4n) is 2.91. The van der Waals surface area contributed by atoms with Gasteiger partial charge in [0.1, 0.15) is 52.6 Å². The summed E-state index contributed by atoms with van der Waals surface area (Å²) in [6, 6.07) is 10.4. The fourth-order valence-corrected chi connectivity index (χ4v) is 2.91.